The molecule has 0 saturated carbocycles. The zero-order valence-corrected chi connectivity index (χ0v) is 12.5. The molecule has 2 N–H and O–H groups in total. The van der Waals surface area contributed by atoms with Crippen LogP contribution in [0.2, 0.25) is 0 Å². The molecule has 0 aromatic heterocycles. The van der Waals surface area contributed by atoms with Gasteiger partial charge in [0.1, 0.15) is 6.10 Å². The van der Waals surface area contributed by atoms with Crippen molar-refractivity contribution in [3.05, 3.63) is 0 Å². The molecule has 3 aliphatic rings. The zero-order valence-electron chi connectivity index (χ0n) is 12.5. The minimum absolute atomic E-state index is 0.0175. The van der Waals surface area contributed by atoms with Crippen molar-refractivity contribution < 1.29 is 19.7 Å². The summed E-state index contributed by atoms with van der Waals surface area (Å²) in [4.78, 5) is 0. The van der Waals surface area contributed by atoms with Crippen molar-refractivity contribution in [3.63, 3.8) is 0 Å². The van der Waals surface area contributed by atoms with Gasteiger partial charge in [0.15, 0.2) is 6.29 Å². The van der Waals surface area contributed by atoms with Crippen molar-refractivity contribution in [1.29, 1.82) is 0 Å². The van der Waals surface area contributed by atoms with Crippen molar-refractivity contribution in [1.82, 2.24) is 0 Å². The van der Waals surface area contributed by atoms with Crippen LogP contribution in [0.4, 0.5) is 0 Å². The molecule has 3 rings (SSSR count). The Balaban J connectivity index is 2.24. The molecule has 0 spiro atoms. The van der Waals surface area contributed by atoms with Gasteiger partial charge in [0.2, 0.25) is 0 Å². The zero-order chi connectivity index (χ0) is 14.2. The summed E-state index contributed by atoms with van der Waals surface area (Å²) in [5, 5.41) is 20.6. The Bertz CT molecular complexity index is 305. The monoisotopic (exact) mass is 272 g/mol. The lowest BCUT2D eigenvalue weighted by molar-refractivity contribution is -0.312. The third kappa shape index (κ3) is 3.30. The SMILES string of the molecule is CC1CCCCC(C)(C)OC2OC(C)C1C(O)C2O. The smallest absolute Gasteiger partial charge is 0.186 e. The quantitative estimate of drug-likeness (QED) is 0.709. The van der Waals surface area contributed by atoms with E-state index < -0.39 is 18.5 Å². The fourth-order valence-electron chi connectivity index (χ4n) is 3.53. The summed E-state index contributed by atoms with van der Waals surface area (Å²) >= 11 is 0. The number of ether oxygens (including phenoxy) is 2. The Morgan fingerprint density at radius 1 is 1.05 bits per heavy atom. The van der Waals surface area contributed by atoms with E-state index in [0.717, 1.165) is 25.7 Å². The number of rotatable bonds is 0. The van der Waals surface area contributed by atoms with E-state index in [4.69, 9.17) is 9.47 Å². The second-order valence-corrected chi connectivity index (χ2v) is 6.87. The van der Waals surface area contributed by atoms with Crippen molar-refractivity contribution in [2.45, 2.75) is 83.6 Å². The highest BCUT2D eigenvalue weighted by atomic mass is 16.7. The standard InChI is InChI=1S/C15H28O4/c1-9-7-5-6-8-15(3,4)19-14-13(17)12(16)11(9)10(2)18-14/h9-14,16-17H,5-8H2,1-4H3. The van der Waals surface area contributed by atoms with E-state index in [9.17, 15) is 10.2 Å². The average molecular weight is 272 g/mol. The van der Waals surface area contributed by atoms with Crippen LogP contribution in [0.1, 0.15) is 53.4 Å². The molecule has 4 heteroatoms. The van der Waals surface area contributed by atoms with E-state index in [2.05, 4.69) is 6.92 Å². The van der Waals surface area contributed by atoms with Gasteiger partial charge in [-0.25, -0.2) is 0 Å². The van der Waals surface area contributed by atoms with Gasteiger partial charge in [0, 0.05) is 5.92 Å². The van der Waals surface area contributed by atoms with Gasteiger partial charge >= 0.3 is 0 Å². The van der Waals surface area contributed by atoms with Crippen LogP contribution in [0.15, 0.2) is 0 Å². The molecule has 3 heterocycles. The molecule has 2 bridgehead atoms. The molecule has 19 heavy (non-hydrogen) atoms. The second-order valence-electron chi connectivity index (χ2n) is 6.87. The molecular formula is C15H28O4. The number of hydrogen-bond acceptors (Lipinski definition) is 4. The summed E-state index contributed by atoms with van der Waals surface area (Å²) in [6.45, 7) is 8.16. The van der Waals surface area contributed by atoms with E-state index >= 15 is 0 Å². The van der Waals surface area contributed by atoms with Crippen LogP contribution in [0.5, 0.6) is 0 Å². The lowest BCUT2D eigenvalue weighted by atomic mass is 9.78. The Hall–Kier alpha value is -0.160. The minimum Gasteiger partial charge on any atom is -0.390 e. The van der Waals surface area contributed by atoms with Gasteiger partial charge in [-0.3, -0.25) is 0 Å². The first kappa shape index (κ1) is 15.2. The molecule has 3 saturated heterocycles. The van der Waals surface area contributed by atoms with Crippen LogP contribution >= 0.6 is 0 Å². The fraction of sp³-hybridized carbons (Fsp3) is 1.00. The number of hydrogen-bond donors (Lipinski definition) is 2. The van der Waals surface area contributed by atoms with Crippen LogP contribution in [0.3, 0.4) is 0 Å². The minimum atomic E-state index is -0.957. The lowest BCUT2D eigenvalue weighted by Crippen LogP contribution is -2.57. The number of fused-ring (bicyclic) bond motifs is 8. The molecular weight excluding hydrogens is 244 g/mol. The van der Waals surface area contributed by atoms with Gasteiger partial charge in [-0.15, -0.1) is 0 Å². The van der Waals surface area contributed by atoms with Gasteiger partial charge in [-0.05, 0) is 33.1 Å². The van der Waals surface area contributed by atoms with E-state index in [-0.39, 0.29) is 17.6 Å². The van der Waals surface area contributed by atoms with Crippen molar-refractivity contribution in [2.75, 3.05) is 0 Å². The maximum atomic E-state index is 10.4. The first-order valence-corrected chi connectivity index (χ1v) is 7.51. The second kappa shape index (κ2) is 5.68. The van der Waals surface area contributed by atoms with Crippen molar-refractivity contribution in [2.24, 2.45) is 11.8 Å². The first-order valence-electron chi connectivity index (χ1n) is 7.51. The van der Waals surface area contributed by atoms with Gasteiger partial charge in [0.25, 0.3) is 0 Å². The summed E-state index contributed by atoms with van der Waals surface area (Å²) in [6, 6.07) is 0. The summed E-state index contributed by atoms with van der Waals surface area (Å²) in [7, 11) is 0. The molecule has 3 aliphatic heterocycles. The Morgan fingerprint density at radius 3 is 2.42 bits per heavy atom. The highest BCUT2D eigenvalue weighted by Crippen LogP contribution is 2.37. The van der Waals surface area contributed by atoms with Gasteiger partial charge in [0.05, 0.1) is 17.8 Å². The van der Waals surface area contributed by atoms with Crippen LogP contribution < -0.4 is 0 Å². The summed E-state index contributed by atoms with van der Waals surface area (Å²) in [5.74, 6) is 0.331. The van der Waals surface area contributed by atoms with E-state index in [0.29, 0.717) is 5.92 Å². The molecule has 3 fully saturated rings. The van der Waals surface area contributed by atoms with E-state index in [1.807, 2.05) is 20.8 Å². The van der Waals surface area contributed by atoms with Crippen LogP contribution in [0.25, 0.3) is 0 Å². The summed E-state index contributed by atoms with van der Waals surface area (Å²) < 4.78 is 11.8. The number of aliphatic hydroxyl groups is 2. The Kier molecular flexibility index (Phi) is 4.56. The first-order chi connectivity index (χ1) is 8.82. The molecule has 6 atom stereocenters. The topological polar surface area (TPSA) is 58.9 Å². The Morgan fingerprint density at radius 2 is 1.74 bits per heavy atom. The predicted molar refractivity (Wildman–Crippen MR) is 72.6 cm³/mol. The highest BCUT2D eigenvalue weighted by molar-refractivity contribution is 4.91. The molecule has 0 amide bonds. The lowest BCUT2D eigenvalue weighted by Gasteiger charge is -2.45. The molecule has 112 valence electrons. The van der Waals surface area contributed by atoms with Crippen LogP contribution in [-0.2, 0) is 9.47 Å². The molecule has 0 radical (unpaired) electrons. The van der Waals surface area contributed by atoms with Crippen molar-refractivity contribution in [3.8, 4) is 0 Å². The summed E-state index contributed by atoms with van der Waals surface area (Å²) in [6.07, 6.45) is 1.71. The maximum Gasteiger partial charge on any atom is 0.186 e. The predicted octanol–water partition coefficient (Wildman–Crippen LogP) is 2.07. The Labute approximate surface area is 116 Å². The molecule has 0 aromatic rings. The van der Waals surface area contributed by atoms with Gasteiger partial charge in [-0.1, -0.05) is 26.2 Å². The molecule has 0 aromatic carbocycles. The van der Waals surface area contributed by atoms with Gasteiger partial charge in [-0.2, -0.15) is 0 Å². The molecule has 6 unspecified atom stereocenters. The molecule has 0 aliphatic carbocycles. The van der Waals surface area contributed by atoms with Crippen LogP contribution in [0, 0.1) is 11.8 Å². The normalized spacial score (nSPS) is 47.7. The van der Waals surface area contributed by atoms with E-state index in [1.54, 1.807) is 0 Å². The van der Waals surface area contributed by atoms with Crippen LogP contribution in [-0.4, -0.2) is 40.4 Å². The maximum absolute atomic E-state index is 10.4. The largest absolute Gasteiger partial charge is 0.390 e. The van der Waals surface area contributed by atoms with E-state index in [1.165, 1.54) is 0 Å². The van der Waals surface area contributed by atoms with Gasteiger partial charge < -0.3 is 19.7 Å². The third-order valence-corrected chi connectivity index (χ3v) is 4.69. The fourth-order valence-corrected chi connectivity index (χ4v) is 3.53. The summed E-state index contributed by atoms with van der Waals surface area (Å²) in [5.41, 5.74) is -0.328. The van der Waals surface area contributed by atoms with Crippen molar-refractivity contribution >= 4 is 0 Å². The highest BCUT2D eigenvalue weighted by Gasteiger charge is 2.46. The number of aliphatic hydroxyl groups excluding tert-OH is 2. The molecule has 4 nitrogen and oxygen atoms in total. The third-order valence-electron chi connectivity index (χ3n) is 4.69. The average Bonchev–Trinajstić information content (AvgIpc) is 2.32.